The van der Waals surface area contributed by atoms with Gasteiger partial charge in [0, 0.05) is 18.7 Å². The van der Waals surface area contributed by atoms with E-state index in [-0.39, 0.29) is 11.7 Å². The van der Waals surface area contributed by atoms with Gasteiger partial charge in [-0.25, -0.2) is 0 Å². The summed E-state index contributed by atoms with van der Waals surface area (Å²) in [6, 6.07) is 0. The molecule has 0 amide bonds. The largest absolute Gasteiger partial charge is 0.300 e. The van der Waals surface area contributed by atoms with Gasteiger partial charge in [0.25, 0.3) is 0 Å². The lowest BCUT2D eigenvalue weighted by Crippen LogP contribution is -2.14. The molecule has 0 aliphatic carbocycles. The first-order chi connectivity index (χ1) is 5.70. The van der Waals surface area contributed by atoms with Crippen molar-refractivity contribution < 1.29 is 4.79 Å². The summed E-state index contributed by atoms with van der Waals surface area (Å²) in [5.74, 6) is 0.916. The Hall–Kier alpha value is -0.920. The molecule has 0 fully saturated rings. The highest BCUT2D eigenvalue weighted by Crippen LogP contribution is 2.16. The fourth-order valence-corrected chi connectivity index (χ4v) is 1.30. The summed E-state index contributed by atoms with van der Waals surface area (Å²) in [4.78, 5) is 15.1. The number of aliphatic imine (C=N–C) groups is 1. The van der Waals surface area contributed by atoms with Crippen LogP contribution in [0.3, 0.4) is 0 Å². The molecule has 0 saturated heterocycles. The molecule has 1 rings (SSSR count). The highest BCUT2D eigenvalue weighted by atomic mass is 16.1. The Bertz CT molecular complexity index is 218. The van der Waals surface area contributed by atoms with E-state index >= 15 is 0 Å². The van der Waals surface area contributed by atoms with Crippen molar-refractivity contribution in [2.75, 3.05) is 6.54 Å². The van der Waals surface area contributed by atoms with Gasteiger partial charge in [-0.3, -0.25) is 9.79 Å². The number of hydrogen-bond donors (Lipinski definition) is 0. The zero-order chi connectivity index (χ0) is 8.97. The Kier molecular flexibility index (Phi) is 3.20. The number of rotatable bonds is 3. The SMILES string of the molecule is CC(=O)[C@@H](C)C[C@H]1C=CC=NC1. The smallest absolute Gasteiger partial charge is 0.132 e. The second-order valence-electron chi connectivity index (χ2n) is 3.41. The molecule has 1 heterocycles. The van der Waals surface area contributed by atoms with Crippen LogP contribution in [0.5, 0.6) is 0 Å². The molecule has 0 N–H and O–H groups in total. The summed E-state index contributed by atoms with van der Waals surface area (Å²) in [7, 11) is 0. The molecule has 1 aliphatic heterocycles. The van der Waals surface area contributed by atoms with Crippen LogP contribution in [0.1, 0.15) is 20.3 Å². The molecule has 0 radical (unpaired) electrons. The van der Waals surface area contributed by atoms with E-state index in [9.17, 15) is 4.79 Å². The average Bonchev–Trinajstić information content (AvgIpc) is 2.06. The summed E-state index contributed by atoms with van der Waals surface area (Å²) < 4.78 is 0. The molecule has 0 bridgehead atoms. The molecule has 0 aromatic carbocycles. The number of dihydropyridines is 1. The highest BCUT2D eigenvalue weighted by molar-refractivity contribution is 5.78. The zero-order valence-electron chi connectivity index (χ0n) is 7.66. The van der Waals surface area contributed by atoms with Crippen LogP contribution >= 0.6 is 0 Å². The quantitative estimate of drug-likeness (QED) is 0.627. The molecule has 2 heteroatoms. The van der Waals surface area contributed by atoms with Crippen LogP contribution in [0, 0.1) is 11.8 Å². The lowest BCUT2D eigenvalue weighted by molar-refractivity contribution is -0.120. The molecular formula is C10H15NO. The van der Waals surface area contributed by atoms with Crippen LogP contribution in [0.15, 0.2) is 17.1 Å². The number of hydrogen-bond acceptors (Lipinski definition) is 2. The van der Waals surface area contributed by atoms with Crippen molar-refractivity contribution >= 4 is 12.0 Å². The van der Waals surface area contributed by atoms with E-state index in [4.69, 9.17) is 0 Å². The van der Waals surface area contributed by atoms with Crippen molar-refractivity contribution in [3.05, 3.63) is 12.2 Å². The Morgan fingerprint density at radius 1 is 1.75 bits per heavy atom. The summed E-state index contributed by atoms with van der Waals surface area (Å²) in [6.45, 7) is 4.48. The lowest BCUT2D eigenvalue weighted by atomic mass is 9.92. The van der Waals surface area contributed by atoms with Gasteiger partial charge in [-0.2, -0.15) is 0 Å². The third-order valence-corrected chi connectivity index (χ3v) is 2.26. The third kappa shape index (κ3) is 2.61. The van der Waals surface area contributed by atoms with Crippen molar-refractivity contribution in [2.45, 2.75) is 20.3 Å². The zero-order valence-corrected chi connectivity index (χ0v) is 7.66. The average molecular weight is 165 g/mol. The first-order valence-corrected chi connectivity index (χ1v) is 4.37. The van der Waals surface area contributed by atoms with E-state index in [0.717, 1.165) is 13.0 Å². The molecule has 0 aromatic heterocycles. The van der Waals surface area contributed by atoms with E-state index < -0.39 is 0 Å². The molecule has 2 atom stereocenters. The number of allylic oxidation sites excluding steroid dienone is 1. The summed E-state index contributed by atoms with van der Waals surface area (Å²) in [5.41, 5.74) is 0. The molecule has 0 saturated carbocycles. The second kappa shape index (κ2) is 4.19. The normalized spacial score (nSPS) is 24.0. The second-order valence-corrected chi connectivity index (χ2v) is 3.41. The predicted octanol–water partition coefficient (Wildman–Crippen LogP) is 1.86. The van der Waals surface area contributed by atoms with Crippen LogP contribution in [-0.4, -0.2) is 18.5 Å². The summed E-state index contributed by atoms with van der Waals surface area (Å²) in [5, 5.41) is 0. The Morgan fingerprint density at radius 3 is 3.00 bits per heavy atom. The summed E-state index contributed by atoms with van der Waals surface area (Å²) >= 11 is 0. The molecule has 66 valence electrons. The number of Topliss-reactive ketones (excluding diaryl/α,β-unsaturated/α-hetero) is 1. The van der Waals surface area contributed by atoms with Crippen LogP contribution in [0.25, 0.3) is 0 Å². The maximum atomic E-state index is 11.0. The van der Waals surface area contributed by atoms with Gasteiger partial charge in [0.1, 0.15) is 5.78 Å². The molecule has 12 heavy (non-hydrogen) atoms. The van der Waals surface area contributed by atoms with Crippen molar-refractivity contribution in [3.8, 4) is 0 Å². The first kappa shape index (κ1) is 9.17. The Labute approximate surface area is 73.4 Å². The van der Waals surface area contributed by atoms with Gasteiger partial charge in [-0.05, 0) is 25.3 Å². The van der Waals surface area contributed by atoms with Crippen molar-refractivity contribution in [1.82, 2.24) is 0 Å². The molecule has 2 nitrogen and oxygen atoms in total. The van der Waals surface area contributed by atoms with Gasteiger partial charge in [0.05, 0.1) is 0 Å². The van der Waals surface area contributed by atoms with Crippen molar-refractivity contribution in [2.24, 2.45) is 16.8 Å². The van der Waals surface area contributed by atoms with Crippen molar-refractivity contribution in [1.29, 1.82) is 0 Å². The van der Waals surface area contributed by atoms with E-state index in [2.05, 4.69) is 11.1 Å². The lowest BCUT2D eigenvalue weighted by Gasteiger charge is -2.15. The fraction of sp³-hybridized carbons (Fsp3) is 0.600. The van der Waals surface area contributed by atoms with E-state index in [0.29, 0.717) is 5.92 Å². The Balaban J connectivity index is 2.36. The predicted molar refractivity (Wildman–Crippen MR) is 50.5 cm³/mol. The maximum absolute atomic E-state index is 11.0. The van der Waals surface area contributed by atoms with E-state index in [1.165, 1.54) is 0 Å². The third-order valence-electron chi connectivity index (χ3n) is 2.26. The molecular weight excluding hydrogens is 150 g/mol. The minimum atomic E-state index is 0.174. The van der Waals surface area contributed by atoms with E-state index in [1.807, 2.05) is 19.2 Å². The molecule has 0 unspecified atom stereocenters. The molecule has 0 spiro atoms. The van der Waals surface area contributed by atoms with Crippen LogP contribution in [-0.2, 0) is 4.79 Å². The van der Waals surface area contributed by atoms with Gasteiger partial charge in [0.15, 0.2) is 0 Å². The number of ketones is 1. The minimum absolute atomic E-state index is 0.174. The van der Waals surface area contributed by atoms with Gasteiger partial charge in [0.2, 0.25) is 0 Å². The first-order valence-electron chi connectivity index (χ1n) is 4.37. The highest BCUT2D eigenvalue weighted by Gasteiger charge is 2.14. The fourth-order valence-electron chi connectivity index (χ4n) is 1.30. The van der Waals surface area contributed by atoms with Gasteiger partial charge >= 0.3 is 0 Å². The number of carbonyl (C=O) groups excluding carboxylic acids is 1. The summed E-state index contributed by atoms with van der Waals surface area (Å²) in [6.07, 6.45) is 6.84. The Morgan fingerprint density at radius 2 is 2.50 bits per heavy atom. The number of nitrogens with zero attached hydrogens (tertiary/aromatic N) is 1. The standard InChI is InChI=1S/C10H15NO/c1-8(9(2)12)6-10-4-3-5-11-7-10/h3-5,8,10H,6-7H2,1-2H3/t8-,10+/m0/s1. The van der Waals surface area contributed by atoms with E-state index in [1.54, 1.807) is 6.92 Å². The van der Waals surface area contributed by atoms with Crippen LogP contribution < -0.4 is 0 Å². The topological polar surface area (TPSA) is 29.4 Å². The molecule has 1 aliphatic rings. The minimum Gasteiger partial charge on any atom is -0.300 e. The van der Waals surface area contributed by atoms with Gasteiger partial charge in [-0.1, -0.05) is 13.0 Å². The molecule has 0 aromatic rings. The maximum Gasteiger partial charge on any atom is 0.132 e. The number of carbonyl (C=O) groups is 1. The van der Waals surface area contributed by atoms with Crippen LogP contribution in [0.2, 0.25) is 0 Å². The van der Waals surface area contributed by atoms with Gasteiger partial charge < -0.3 is 0 Å². The van der Waals surface area contributed by atoms with Crippen LogP contribution in [0.4, 0.5) is 0 Å². The van der Waals surface area contributed by atoms with Crippen molar-refractivity contribution in [3.63, 3.8) is 0 Å². The monoisotopic (exact) mass is 165 g/mol. The van der Waals surface area contributed by atoms with Gasteiger partial charge in [-0.15, -0.1) is 0 Å².